The number of hydrogen-bond donors (Lipinski definition) is 4. The van der Waals surface area contributed by atoms with Crippen molar-refractivity contribution in [2.75, 3.05) is 27.2 Å². The quantitative estimate of drug-likeness (QED) is 0.153. The van der Waals surface area contributed by atoms with Gasteiger partial charge in [-0.2, -0.15) is 0 Å². The molecule has 2 aliphatic heterocycles. The number of nitrogens with one attached hydrogen (secondary N) is 3. The Bertz CT molecular complexity index is 1890. The summed E-state index contributed by atoms with van der Waals surface area (Å²) in [4.78, 5) is 102. The fourth-order valence-electron chi connectivity index (χ4n) is 8.89. The molecule has 6 amide bonds. The molecule has 2 aliphatic rings. The van der Waals surface area contributed by atoms with Crippen LogP contribution in [0.25, 0.3) is 0 Å². The summed E-state index contributed by atoms with van der Waals surface area (Å²) >= 11 is 0. The molecule has 346 valence electrons. The van der Waals surface area contributed by atoms with Gasteiger partial charge in [0, 0.05) is 26.2 Å². The van der Waals surface area contributed by atoms with E-state index in [0.29, 0.717) is 37.7 Å². The number of likely N-dealkylation sites (tertiary alicyclic amines) is 2. The minimum Gasteiger partial charge on any atom is -0.467 e. The Hall–Kier alpha value is -5.31. The zero-order chi connectivity index (χ0) is 46.7. The molecule has 9 atom stereocenters. The topological polar surface area (TPSA) is 195 Å². The second-order valence-electron chi connectivity index (χ2n) is 18.3. The summed E-state index contributed by atoms with van der Waals surface area (Å²) in [5, 5.41) is 19.4. The Kier molecular flexibility index (Phi) is 18.3. The van der Waals surface area contributed by atoms with E-state index in [9.17, 15) is 38.7 Å². The Balaban J connectivity index is 1.56. The van der Waals surface area contributed by atoms with Crippen molar-refractivity contribution in [1.29, 1.82) is 0 Å². The Labute approximate surface area is 373 Å². The van der Waals surface area contributed by atoms with Crippen molar-refractivity contribution in [3.05, 3.63) is 71.8 Å². The largest absolute Gasteiger partial charge is 0.467 e. The van der Waals surface area contributed by atoms with Gasteiger partial charge in [0.2, 0.25) is 29.5 Å². The number of carbonyl (C=O) groups is 7. The average Bonchev–Trinajstić information content (AvgIpc) is 3.97. The Morgan fingerprint density at radius 2 is 1.24 bits per heavy atom. The number of amides is 6. The molecule has 15 nitrogen and oxygen atoms in total. The normalized spacial score (nSPS) is 19.7. The molecule has 2 saturated heterocycles. The van der Waals surface area contributed by atoms with Crippen LogP contribution in [0.4, 0.5) is 0 Å². The first kappa shape index (κ1) is 50.3. The second kappa shape index (κ2) is 22.9. The summed E-state index contributed by atoms with van der Waals surface area (Å²) in [6, 6.07) is 12.8. The lowest BCUT2D eigenvalue weighted by Crippen LogP contribution is -2.61. The number of likely N-dealkylation sites (N-methyl/N-ethyl adjacent to an activating group) is 1. The summed E-state index contributed by atoms with van der Waals surface area (Å²) in [7, 11) is 2.74. The molecule has 0 bridgehead atoms. The number of methoxy groups -OCH3 is 1. The minimum absolute atomic E-state index is 0.211. The van der Waals surface area contributed by atoms with Crippen LogP contribution in [0.2, 0.25) is 0 Å². The van der Waals surface area contributed by atoms with Crippen LogP contribution < -0.4 is 16.0 Å². The predicted molar refractivity (Wildman–Crippen MR) is 238 cm³/mol. The first-order valence-corrected chi connectivity index (χ1v) is 22.4. The fourth-order valence-corrected chi connectivity index (χ4v) is 8.89. The number of aliphatic hydroxyl groups is 1. The number of hydrogen-bond acceptors (Lipinski definition) is 9. The highest BCUT2D eigenvalue weighted by molar-refractivity contribution is 5.97. The number of esters is 1. The minimum atomic E-state index is -1.29. The van der Waals surface area contributed by atoms with E-state index in [1.54, 1.807) is 51.1 Å². The van der Waals surface area contributed by atoms with Gasteiger partial charge < -0.3 is 40.5 Å². The van der Waals surface area contributed by atoms with Gasteiger partial charge in [0.05, 0.1) is 13.0 Å². The molecule has 2 fully saturated rings. The summed E-state index contributed by atoms with van der Waals surface area (Å²) in [6.07, 6.45) is 0.946. The molecule has 2 heterocycles. The van der Waals surface area contributed by atoms with Crippen LogP contribution >= 0.6 is 0 Å². The maximum Gasteiger partial charge on any atom is 0.333 e. The Morgan fingerprint density at radius 1 is 0.714 bits per heavy atom. The Morgan fingerprint density at radius 3 is 1.75 bits per heavy atom. The molecule has 2 aromatic carbocycles. The third-order valence-electron chi connectivity index (χ3n) is 12.6. The zero-order valence-corrected chi connectivity index (χ0v) is 38.7. The highest BCUT2D eigenvalue weighted by Crippen LogP contribution is 2.27. The van der Waals surface area contributed by atoms with E-state index in [1.807, 2.05) is 65.0 Å². The number of ether oxygens (including phenoxy) is 1. The summed E-state index contributed by atoms with van der Waals surface area (Å²) in [5.74, 6) is -5.54. The molecule has 4 N–H and O–H groups in total. The van der Waals surface area contributed by atoms with Crippen molar-refractivity contribution >= 4 is 41.4 Å². The monoisotopic (exact) mass is 875 g/mol. The molecule has 0 unspecified atom stereocenters. The predicted octanol–water partition coefficient (Wildman–Crippen LogP) is 3.64. The SMILES string of the molecule is COC(=O)[C@H](NC(=O)[C@H](C)[C@H](NC(=O)[C@@H]1CCCN1C(=O)[C@@H](NC(=O)[C@@H]1CCCN1C(=O)[C@@H](C(C)C)N(C)C(=O)[C@H](O)C(C)C)[C@H](C)Cc1ccccc1)C(C)C)c1ccccc1. The molecule has 4 rings (SSSR count). The zero-order valence-electron chi connectivity index (χ0n) is 38.7. The molecular weight excluding hydrogens is 805 g/mol. The molecule has 0 aromatic heterocycles. The standard InChI is InChI=1S/C48H70N6O9/c1-28(2)37(32(8)42(56)51-39(48(62)63-10)34-21-15-12-16-22-34)49-43(57)35-23-17-25-53(35)45(59)38(31(7)27-33-19-13-11-14-20-33)50-44(58)36-24-18-26-54(36)46(60)40(29(3)4)52(9)47(61)41(55)30(5)6/h11-16,19-22,28-32,35-41,55H,17-18,23-27H2,1-10H3,(H,49,57)(H,50,58)(H,51,56)/t31-,32-,35+,36+,37-,38+,39-,40-,41-/m1/s1. The third kappa shape index (κ3) is 12.5. The van der Waals surface area contributed by atoms with Crippen molar-refractivity contribution in [3.63, 3.8) is 0 Å². The van der Waals surface area contributed by atoms with E-state index in [0.717, 1.165) is 5.56 Å². The molecule has 0 spiro atoms. The van der Waals surface area contributed by atoms with Gasteiger partial charge in [0.25, 0.3) is 5.91 Å². The van der Waals surface area contributed by atoms with Gasteiger partial charge in [-0.3, -0.25) is 28.8 Å². The number of benzene rings is 2. The maximum atomic E-state index is 14.8. The van der Waals surface area contributed by atoms with E-state index < -0.39 is 95.6 Å². The summed E-state index contributed by atoms with van der Waals surface area (Å²) < 4.78 is 4.98. The van der Waals surface area contributed by atoms with Gasteiger partial charge in [0.15, 0.2) is 6.04 Å². The third-order valence-corrected chi connectivity index (χ3v) is 12.6. The van der Waals surface area contributed by atoms with Crippen molar-refractivity contribution in [1.82, 2.24) is 30.7 Å². The van der Waals surface area contributed by atoms with E-state index >= 15 is 0 Å². The maximum absolute atomic E-state index is 14.8. The number of nitrogens with zero attached hydrogens (tertiary/aromatic N) is 3. The molecular formula is C48H70N6O9. The highest BCUT2D eigenvalue weighted by Gasteiger charge is 2.45. The lowest BCUT2D eigenvalue weighted by atomic mass is 9.90. The van der Waals surface area contributed by atoms with Gasteiger partial charge in [0.1, 0.15) is 30.3 Å². The van der Waals surface area contributed by atoms with E-state index in [1.165, 1.54) is 28.9 Å². The van der Waals surface area contributed by atoms with Crippen molar-refractivity contribution in [2.24, 2.45) is 29.6 Å². The van der Waals surface area contributed by atoms with Crippen molar-refractivity contribution in [2.45, 2.75) is 130 Å². The van der Waals surface area contributed by atoms with Crippen LogP contribution in [0.15, 0.2) is 60.7 Å². The fraction of sp³-hybridized carbons (Fsp3) is 0.604. The van der Waals surface area contributed by atoms with E-state index in [-0.39, 0.29) is 30.8 Å². The van der Waals surface area contributed by atoms with Crippen LogP contribution in [-0.4, -0.2) is 125 Å². The van der Waals surface area contributed by atoms with Gasteiger partial charge in [-0.25, -0.2) is 4.79 Å². The van der Waals surface area contributed by atoms with Crippen LogP contribution in [0, 0.1) is 29.6 Å². The van der Waals surface area contributed by atoms with Crippen molar-refractivity contribution in [3.8, 4) is 0 Å². The van der Waals surface area contributed by atoms with E-state index in [4.69, 9.17) is 4.74 Å². The molecule has 15 heteroatoms. The van der Waals surface area contributed by atoms with Crippen LogP contribution in [0.5, 0.6) is 0 Å². The molecule has 0 radical (unpaired) electrons. The first-order valence-electron chi connectivity index (χ1n) is 22.4. The van der Waals surface area contributed by atoms with Crippen molar-refractivity contribution < 1.29 is 43.4 Å². The van der Waals surface area contributed by atoms with Gasteiger partial charge in [-0.1, -0.05) is 116 Å². The summed E-state index contributed by atoms with van der Waals surface area (Å²) in [5.41, 5.74) is 1.50. The smallest absolute Gasteiger partial charge is 0.333 e. The van der Waals surface area contributed by atoms with Crippen LogP contribution in [-0.2, 0) is 44.7 Å². The highest BCUT2D eigenvalue weighted by atomic mass is 16.5. The number of aliphatic hydroxyl groups excluding tert-OH is 1. The molecule has 2 aromatic rings. The first-order chi connectivity index (χ1) is 29.8. The van der Waals surface area contributed by atoms with E-state index in [2.05, 4.69) is 16.0 Å². The molecule has 0 aliphatic carbocycles. The lowest BCUT2D eigenvalue weighted by molar-refractivity contribution is -0.154. The lowest BCUT2D eigenvalue weighted by Gasteiger charge is -2.37. The second-order valence-corrected chi connectivity index (χ2v) is 18.3. The number of carbonyl (C=O) groups excluding carboxylic acids is 7. The van der Waals surface area contributed by atoms with Gasteiger partial charge in [-0.05, 0) is 66.9 Å². The van der Waals surface area contributed by atoms with Gasteiger partial charge >= 0.3 is 5.97 Å². The summed E-state index contributed by atoms with van der Waals surface area (Å²) in [6.45, 7) is 14.9. The number of rotatable bonds is 19. The van der Waals surface area contributed by atoms with Gasteiger partial charge in [-0.15, -0.1) is 0 Å². The van der Waals surface area contributed by atoms with Crippen LogP contribution in [0.3, 0.4) is 0 Å². The van der Waals surface area contributed by atoms with Crippen LogP contribution in [0.1, 0.15) is 98.2 Å². The molecule has 0 saturated carbocycles. The average molecular weight is 875 g/mol. The molecule has 63 heavy (non-hydrogen) atoms.